The standard InChI is InChI=1S/C16H19N5O3S2/c1-10(19-20-14(25)18-16(2,3)4)11-5-7-12(8-6-11)24-15-17-9-13(26-15)21(22)23/h5-9H,1-4H3,(H2,18,20,25). The summed E-state index contributed by atoms with van der Waals surface area (Å²) in [5.41, 5.74) is 4.30. The number of aromatic nitrogens is 1. The quantitative estimate of drug-likeness (QED) is 0.344. The Morgan fingerprint density at radius 3 is 2.54 bits per heavy atom. The second kappa shape index (κ2) is 8.19. The van der Waals surface area contributed by atoms with E-state index in [0.717, 1.165) is 22.6 Å². The molecule has 0 aliphatic carbocycles. The third kappa shape index (κ3) is 6.05. The van der Waals surface area contributed by atoms with Crippen LogP contribution in [0.25, 0.3) is 0 Å². The molecule has 0 aliphatic heterocycles. The molecule has 0 amide bonds. The van der Waals surface area contributed by atoms with Gasteiger partial charge in [-0.25, -0.2) is 4.98 Å². The third-order valence-electron chi connectivity index (χ3n) is 2.94. The highest BCUT2D eigenvalue weighted by Crippen LogP contribution is 2.30. The van der Waals surface area contributed by atoms with E-state index in [2.05, 4.69) is 20.8 Å². The van der Waals surface area contributed by atoms with Crippen LogP contribution in [0.2, 0.25) is 0 Å². The molecular formula is C16H19N5O3S2. The van der Waals surface area contributed by atoms with Crippen molar-refractivity contribution >= 4 is 39.4 Å². The Hall–Kier alpha value is -2.59. The topological polar surface area (TPSA) is 102 Å². The summed E-state index contributed by atoms with van der Waals surface area (Å²) in [6.45, 7) is 7.88. The zero-order valence-electron chi connectivity index (χ0n) is 14.8. The number of nitro groups is 1. The molecular weight excluding hydrogens is 374 g/mol. The zero-order valence-corrected chi connectivity index (χ0v) is 16.4. The summed E-state index contributed by atoms with van der Waals surface area (Å²) in [7, 11) is 0. The Morgan fingerprint density at radius 1 is 1.35 bits per heavy atom. The van der Waals surface area contributed by atoms with Crippen molar-refractivity contribution in [2.45, 2.75) is 33.2 Å². The fraction of sp³-hybridized carbons (Fsp3) is 0.312. The predicted octanol–water partition coefficient (Wildman–Crippen LogP) is 3.83. The lowest BCUT2D eigenvalue weighted by atomic mass is 10.1. The Balaban J connectivity index is 1.98. The number of hydrogen-bond donors (Lipinski definition) is 2. The van der Waals surface area contributed by atoms with Gasteiger partial charge in [-0.05, 0) is 81.1 Å². The smallest absolute Gasteiger partial charge is 0.347 e. The molecule has 0 radical (unpaired) electrons. The molecule has 10 heteroatoms. The van der Waals surface area contributed by atoms with Crippen molar-refractivity contribution in [3.05, 3.63) is 46.1 Å². The molecule has 1 aromatic carbocycles. The molecule has 1 aromatic heterocycles. The molecule has 2 aromatic rings. The first-order valence-corrected chi connectivity index (χ1v) is 8.87. The van der Waals surface area contributed by atoms with Crippen molar-refractivity contribution in [2.24, 2.45) is 5.10 Å². The Bertz CT molecular complexity index is 825. The third-order valence-corrected chi connectivity index (χ3v) is 3.96. The Kier molecular flexibility index (Phi) is 6.22. The van der Waals surface area contributed by atoms with E-state index in [0.29, 0.717) is 10.9 Å². The SMILES string of the molecule is CC(=NNC(=S)NC(C)(C)C)c1ccc(Oc2ncc([N+](=O)[O-])s2)cc1. The van der Waals surface area contributed by atoms with Crippen LogP contribution < -0.4 is 15.5 Å². The van der Waals surface area contributed by atoms with Gasteiger partial charge in [-0.15, -0.1) is 0 Å². The van der Waals surface area contributed by atoms with E-state index in [1.165, 1.54) is 6.20 Å². The van der Waals surface area contributed by atoms with Crippen LogP contribution in [0, 0.1) is 10.1 Å². The van der Waals surface area contributed by atoms with Crippen LogP contribution in [-0.4, -0.2) is 26.3 Å². The molecule has 0 bridgehead atoms. The number of rotatable bonds is 5. The van der Waals surface area contributed by atoms with Gasteiger partial charge in [0, 0.05) is 5.54 Å². The summed E-state index contributed by atoms with van der Waals surface area (Å²) in [5.74, 6) is 0.531. The van der Waals surface area contributed by atoms with Crippen molar-refractivity contribution < 1.29 is 9.66 Å². The minimum absolute atomic E-state index is 0.0643. The van der Waals surface area contributed by atoms with Crippen LogP contribution in [0.3, 0.4) is 0 Å². The minimum atomic E-state index is -0.501. The summed E-state index contributed by atoms with van der Waals surface area (Å²) >= 11 is 6.06. The van der Waals surface area contributed by atoms with E-state index >= 15 is 0 Å². The fourth-order valence-corrected chi connectivity index (χ4v) is 2.77. The maximum Gasteiger partial charge on any atom is 0.347 e. The van der Waals surface area contributed by atoms with Crippen LogP contribution in [0.15, 0.2) is 35.6 Å². The Labute approximate surface area is 160 Å². The fourth-order valence-electron chi connectivity index (χ4n) is 1.81. The van der Waals surface area contributed by atoms with Crippen molar-refractivity contribution in [2.75, 3.05) is 0 Å². The summed E-state index contributed by atoms with van der Waals surface area (Å²) in [6, 6.07) is 7.15. The monoisotopic (exact) mass is 393 g/mol. The first kappa shape index (κ1) is 19.7. The lowest BCUT2D eigenvalue weighted by Gasteiger charge is -2.21. The molecule has 1 heterocycles. The molecule has 2 rings (SSSR count). The number of thiazole rings is 1. The van der Waals surface area contributed by atoms with Crippen LogP contribution >= 0.6 is 23.6 Å². The molecule has 8 nitrogen and oxygen atoms in total. The van der Waals surface area contributed by atoms with Crippen molar-refractivity contribution in [3.8, 4) is 10.9 Å². The van der Waals surface area contributed by atoms with E-state index in [4.69, 9.17) is 17.0 Å². The van der Waals surface area contributed by atoms with Gasteiger partial charge in [0.25, 0.3) is 5.19 Å². The minimum Gasteiger partial charge on any atom is -0.431 e. The Morgan fingerprint density at radius 2 is 2.00 bits per heavy atom. The maximum absolute atomic E-state index is 10.7. The van der Waals surface area contributed by atoms with Gasteiger partial charge in [0.2, 0.25) is 0 Å². The normalized spacial score (nSPS) is 11.8. The van der Waals surface area contributed by atoms with Gasteiger partial charge in [-0.2, -0.15) is 5.10 Å². The zero-order chi connectivity index (χ0) is 19.3. The van der Waals surface area contributed by atoms with Crippen LogP contribution in [0.4, 0.5) is 5.00 Å². The summed E-state index contributed by atoms with van der Waals surface area (Å²) < 4.78 is 5.51. The lowest BCUT2D eigenvalue weighted by molar-refractivity contribution is -0.380. The van der Waals surface area contributed by atoms with Crippen molar-refractivity contribution in [3.63, 3.8) is 0 Å². The first-order chi connectivity index (χ1) is 12.1. The van der Waals surface area contributed by atoms with E-state index < -0.39 is 4.92 Å². The average molecular weight is 393 g/mol. The highest BCUT2D eigenvalue weighted by atomic mass is 32.1. The van der Waals surface area contributed by atoms with Crippen molar-refractivity contribution in [1.82, 2.24) is 15.7 Å². The van der Waals surface area contributed by atoms with Gasteiger partial charge < -0.3 is 10.1 Å². The second-order valence-corrected chi connectivity index (χ2v) is 7.74. The molecule has 138 valence electrons. The molecule has 0 spiro atoms. The van der Waals surface area contributed by atoms with E-state index in [1.54, 1.807) is 12.1 Å². The van der Waals surface area contributed by atoms with Crippen LogP contribution in [0.1, 0.15) is 33.3 Å². The van der Waals surface area contributed by atoms with Gasteiger partial charge >= 0.3 is 5.00 Å². The number of hydrogen-bond acceptors (Lipinski definition) is 7. The molecule has 0 fully saturated rings. The van der Waals surface area contributed by atoms with Crippen LogP contribution in [-0.2, 0) is 0 Å². The number of nitrogens with zero attached hydrogens (tertiary/aromatic N) is 3. The number of hydrazone groups is 1. The largest absolute Gasteiger partial charge is 0.431 e. The van der Waals surface area contributed by atoms with Crippen LogP contribution in [0.5, 0.6) is 10.9 Å². The van der Waals surface area contributed by atoms with Crippen molar-refractivity contribution in [1.29, 1.82) is 0 Å². The summed E-state index contributed by atoms with van der Waals surface area (Å²) in [5, 5.41) is 18.6. The average Bonchev–Trinajstić information content (AvgIpc) is 3.00. The molecule has 0 unspecified atom stereocenters. The predicted molar refractivity (Wildman–Crippen MR) is 106 cm³/mol. The number of thiocarbonyl (C=S) groups is 1. The number of benzene rings is 1. The second-order valence-electron chi connectivity index (χ2n) is 6.36. The number of nitrogens with one attached hydrogen (secondary N) is 2. The first-order valence-electron chi connectivity index (χ1n) is 7.65. The van der Waals surface area contributed by atoms with Gasteiger partial charge in [-0.3, -0.25) is 15.5 Å². The molecule has 2 N–H and O–H groups in total. The molecule has 0 aliphatic rings. The summed E-state index contributed by atoms with van der Waals surface area (Å²) in [6.07, 6.45) is 1.17. The van der Waals surface area contributed by atoms with Gasteiger partial charge in [0.1, 0.15) is 11.9 Å². The lowest BCUT2D eigenvalue weighted by Crippen LogP contribution is -2.44. The molecule has 0 atom stereocenters. The molecule has 26 heavy (non-hydrogen) atoms. The van der Waals surface area contributed by atoms with Gasteiger partial charge in [0.05, 0.1) is 10.6 Å². The maximum atomic E-state index is 10.7. The highest BCUT2D eigenvalue weighted by molar-refractivity contribution is 7.80. The highest BCUT2D eigenvalue weighted by Gasteiger charge is 2.13. The van der Waals surface area contributed by atoms with E-state index in [1.807, 2.05) is 39.8 Å². The van der Waals surface area contributed by atoms with Gasteiger partial charge in [0.15, 0.2) is 5.11 Å². The summed E-state index contributed by atoms with van der Waals surface area (Å²) in [4.78, 5) is 14.0. The molecule has 0 saturated carbocycles. The molecule has 0 saturated heterocycles. The van der Waals surface area contributed by atoms with Gasteiger partial charge in [-0.1, -0.05) is 0 Å². The van der Waals surface area contributed by atoms with E-state index in [-0.39, 0.29) is 15.7 Å². The number of ether oxygens (including phenoxy) is 1. The van der Waals surface area contributed by atoms with E-state index in [9.17, 15) is 10.1 Å².